The summed E-state index contributed by atoms with van der Waals surface area (Å²) in [5.74, 6) is 0.0970. The van der Waals surface area contributed by atoms with Crippen LogP contribution in [0.5, 0.6) is 0 Å². The maximum absolute atomic E-state index is 12.7. The van der Waals surface area contributed by atoms with E-state index in [2.05, 4.69) is 5.10 Å². The highest BCUT2D eigenvalue weighted by molar-refractivity contribution is 6.30. The monoisotopic (exact) mass is 362 g/mol. The van der Waals surface area contributed by atoms with E-state index in [1.165, 1.54) is 16.8 Å². The number of anilines is 1. The molecule has 0 spiro atoms. The van der Waals surface area contributed by atoms with E-state index < -0.39 is 11.7 Å². The molecule has 0 aliphatic carbocycles. The summed E-state index contributed by atoms with van der Waals surface area (Å²) in [5, 5.41) is 14.2. The molecule has 0 aliphatic rings. The van der Waals surface area contributed by atoms with Gasteiger partial charge in [-0.3, -0.25) is 0 Å². The lowest BCUT2D eigenvalue weighted by molar-refractivity contribution is -0.137. The molecule has 0 amide bonds. The summed E-state index contributed by atoms with van der Waals surface area (Å²) < 4.78 is 39.4. The first-order valence-electron chi connectivity index (χ1n) is 7.03. The largest absolute Gasteiger partial charge is 0.416 e. The zero-order chi connectivity index (χ0) is 18.2. The maximum atomic E-state index is 12.7. The summed E-state index contributed by atoms with van der Waals surface area (Å²) in [6, 6.07) is 13.0. The van der Waals surface area contributed by atoms with Gasteiger partial charge < -0.3 is 5.73 Å². The van der Waals surface area contributed by atoms with E-state index in [4.69, 9.17) is 17.3 Å². The molecular weight excluding hydrogens is 353 g/mol. The van der Waals surface area contributed by atoms with Crippen LogP contribution in [-0.4, -0.2) is 9.78 Å². The molecule has 3 rings (SSSR count). The van der Waals surface area contributed by atoms with Gasteiger partial charge in [0.2, 0.25) is 0 Å². The number of benzene rings is 2. The smallest absolute Gasteiger partial charge is 0.382 e. The Bertz CT molecular complexity index is 952. The van der Waals surface area contributed by atoms with Gasteiger partial charge in [0.25, 0.3) is 0 Å². The average Bonchev–Trinajstić information content (AvgIpc) is 2.91. The zero-order valence-electron chi connectivity index (χ0n) is 12.5. The molecule has 2 N–H and O–H groups in total. The maximum Gasteiger partial charge on any atom is 0.416 e. The predicted octanol–water partition coefficient (Wildman–Crippen LogP) is 4.67. The van der Waals surface area contributed by atoms with Crippen LogP contribution in [0.15, 0.2) is 48.5 Å². The number of nitriles is 1. The van der Waals surface area contributed by atoms with Crippen LogP contribution in [0, 0.1) is 11.3 Å². The van der Waals surface area contributed by atoms with Crippen molar-refractivity contribution in [2.75, 3.05) is 5.73 Å². The number of alkyl halides is 3. The summed E-state index contributed by atoms with van der Waals surface area (Å²) in [5.41, 5.74) is 6.46. The van der Waals surface area contributed by atoms with Crippen molar-refractivity contribution in [2.24, 2.45) is 0 Å². The molecule has 1 heterocycles. The fourth-order valence-electron chi connectivity index (χ4n) is 2.34. The second-order valence-corrected chi connectivity index (χ2v) is 5.62. The molecule has 0 atom stereocenters. The summed E-state index contributed by atoms with van der Waals surface area (Å²) in [7, 11) is 0. The van der Waals surface area contributed by atoms with E-state index in [1.54, 1.807) is 24.3 Å². The fraction of sp³-hybridized carbons (Fsp3) is 0.0588. The quantitative estimate of drug-likeness (QED) is 0.720. The fourth-order valence-corrected chi connectivity index (χ4v) is 2.47. The summed E-state index contributed by atoms with van der Waals surface area (Å²) in [6.07, 6.45) is -4.43. The van der Waals surface area contributed by atoms with Gasteiger partial charge in [-0.25, -0.2) is 4.68 Å². The van der Waals surface area contributed by atoms with Crippen LogP contribution in [0.1, 0.15) is 11.1 Å². The van der Waals surface area contributed by atoms with Gasteiger partial charge in [0.15, 0.2) is 0 Å². The Labute approximate surface area is 145 Å². The van der Waals surface area contributed by atoms with Crippen LogP contribution in [0.4, 0.5) is 19.0 Å². The van der Waals surface area contributed by atoms with Crippen molar-refractivity contribution in [1.29, 1.82) is 5.26 Å². The minimum absolute atomic E-state index is 0.0923. The molecule has 0 fully saturated rings. The SMILES string of the molecule is N#Cc1c(-c2ccc(C(F)(F)F)cc2)nn(-c2ccc(Cl)cc2)c1N. The van der Waals surface area contributed by atoms with Crippen molar-refractivity contribution in [2.45, 2.75) is 6.18 Å². The zero-order valence-corrected chi connectivity index (χ0v) is 13.3. The van der Waals surface area contributed by atoms with Crippen molar-refractivity contribution >= 4 is 17.4 Å². The Morgan fingerprint density at radius 3 is 2.16 bits per heavy atom. The standard InChI is InChI=1S/C17H10ClF3N4/c18-12-5-7-13(8-6-12)25-16(23)14(9-22)15(24-25)10-1-3-11(4-2-10)17(19,20)21/h1-8H,23H2. The minimum atomic E-state index is -4.43. The van der Waals surface area contributed by atoms with Gasteiger partial charge >= 0.3 is 6.18 Å². The third-order valence-corrected chi connectivity index (χ3v) is 3.84. The van der Waals surface area contributed by atoms with Crippen molar-refractivity contribution in [1.82, 2.24) is 9.78 Å². The van der Waals surface area contributed by atoms with Crippen molar-refractivity contribution in [3.63, 3.8) is 0 Å². The highest BCUT2D eigenvalue weighted by Crippen LogP contribution is 2.33. The normalized spacial score (nSPS) is 11.3. The summed E-state index contributed by atoms with van der Waals surface area (Å²) >= 11 is 5.85. The van der Waals surface area contributed by atoms with E-state index in [-0.39, 0.29) is 17.1 Å². The molecule has 0 aliphatic heterocycles. The van der Waals surface area contributed by atoms with Crippen molar-refractivity contribution < 1.29 is 13.2 Å². The Morgan fingerprint density at radius 2 is 1.64 bits per heavy atom. The number of nitrogens with zero attached hydrogens (tertiary/aromatic N) is 3. The second-order valence-electron chi connectivity index (χ2n) is 5.18. The number of nitrogen functional groups attached to an aromatic ring is 1. The van der Waals surface area contributed by atoms with Gasteiger partial charge in [0.1, 0.15) is 23.1 Å². The van der Waals surface area contributed by atoms with Crippen molar-refractivity contribution in [3.8, 4) is 23.0 Å². The lowest BCUT2D eigenvalue weighted by Gasteiger charge is -2.06. The van der Waals surface area contributed by atoms with Crippen molar-refractivity contribution in [3.05, 3.63) is 64.7 Å². The van der Waals surface area contributed by atoms with Crippen LogP contribution >= 0.6 is 11.6 Å². The van der Waals surface area contributed by atoms with Gasteiger partial charge in [0.05, 0.1) is 11.3 Å². The Hall–Kier alpha value is -2.98. The van der Waals surface area contributed by atoms with Crippen LogP contribution in [-0.2, 0) is 6.18 Å². The highest BCUT2D eigenvalue weighted by atomic mass is 35.5. The number of aromatic nitrogens is 2. The van der Waals surface area contributed by atoms with Gasteiger partial charge in [-0.1, -0.05) is 23.7 Å². The molecule has 0 bridgehead atoms. The molecule has 0 unspecified atom stereocenters. The van der Waals surface area contributed by atoms with Gasteiger partial charge in [0, 0.05) is 10.6 Å². The molecule has 1 aromatic heterocycles. The molecule has 0 saturated carbocycles. The first-order valence-corrected chi connectivity index (χ1v) is 7.41. The Balaban J connectivity index is 2.10. The molecule has 4 nitrogen and oxygen atoms in total. The number of hydrogen-bond donors (Lipinski definition) is 1. The summed E-state index contributed by atoms with van der Waals surface area (Å²) in [4.78, 5) is 0. The Morgan fingerprint density at radius 1 is 1.04 bits per heavy atom. The molecule has 126 valence electrons. The van der Waals surface area contributed by atoms with E-state index in [0.717, 1.165) is 12.1 Å². The molecule has 2 aromatic carbocycles. The number of hydrogen-bond acceptors (Lipinski definition) is 3. The third kappa shape index (κ3) is 3.16. The topological polar surface area (TPSA) is 67.6 Å². The van der Waals surface area contributed by atoms with Crippen LogP contribution in [0.2, 0.25) is 5.02 Å². The first-order chi connectivity index (χ1) is 11.8. The number of rotatable bonds is 2. The molecule has 25 heavy (non-hydrogen) atoms. The molecule has 3 aromatic rings. The van der Waals surface area contributed by atoms with Gasteiger partial charge in [-0.15, -0.1) is 0 Å². The van der Waals surface area contributed by atoms with E-state index in [9.17, 15) is 18.4 Å². The minimum Gasteiger partial charge on any atom is -0.382 e. The van der Waals surface area contributed by atoms with Crippen LogP contribution in [0.3, 0.4) is 0 Å². The van der Waals surface area contributed by atoms with Crippen LogP contribution in [0.25, 0.3) is 16.9 Å². The van der Waals surface area contributed by atoms with E-state index in [0.29, 0.717) is 16.3 Å². The lowest BCUT2D eigenvalue weighted by atomic mass is 10.1. The van der Waals surface area contributed by atoms with E-state index in [1.807, 2.05) is 6.07 Å². The summed E-state index contributed by atoms with van der Waals surface area (Å²) in [6.45, 7) is 0. The number of nitrogens with two attached hydrogens (primary N) is 1. The van der Waals surface area contributed by atoms with Crippen LogP contribution < -0.4 is 5.73 Å². The van der Waals surface area contributed by atoms with Gasteiger partial charge in [-0.2, -0.15) is 23.5 Å². The molecular formula is C17H10ClF3N4. The molecule has 8 heteroatoms. The molecule has 0 radical (unpaired) electrons. The Kier molecular flexibility index (Phi) is 4.15. The lowest BCUT2D eigenvalue weighted by Crippen LogP contribution is -2.04. The number of halogens is 4. The van der Waals surface area contributed by atoms with Gasteiger partial charge in [-0.05, 0) is 36.4 Å². The predicted molar refractivity (Wildman–Crippen MR) is 88.1 cm³/mol. The molecule has 0 saturated heterocycles. The average molecular weight is 363 g/mol. The van der Waals surface area contributed by atoms with E-state index >= 15 is 0 Å². The second kappa shape index (κ2) is 6.15. The third-order valence-electron chi connectivity index (χ3n) is 3.59. The first kappa shape index (κ1) is 16.9. The highest BCUT2D eigenvalue weighted by Gasteiger charge is 2.30.